The summed E-state index contributed by atoms with van der Waals surface area (Å²) in [5.74, 6) is 0. The lowest BCUT2D eigenvalue weighted by Crippen LogP contribution is -2.19. The van der Waals surface area contributed by atoms with Crippen LogP contribution in [-0.2, 0) is 11.3 Å². The van der Waals surface area contributed by atoms with Gasteiger partial charge in [0.1, 0.15) is 6.61 Å². The highest BCUT2D eigenvalue weighted by Crippen LogP contribution is 2.18. The van der Waals surface area contributed by atoms with Crippen LogP contribution in [0.15, 0.2) is 36.8 Å². The van der Waals surface area contributed by atoms with Crippen LogP contribution < -0.4 is 0 Å². The zero-order chi connectivity index (χ0) is 13.7. The zero-order valence-corrected chi connectivity index (χ0v) is 9.97. The third kappa shape index (κ3) is 4.06. The van der Waals surface area contributed by atoms with Gasteiger partial charge in [0.2, 0.25) is 0 Å². The first-order valence-corrected chi connectivity index (χ1v) is 5.63. The van der Waals surface area contributed by atoms with E-state index in [1.54, 1.807) is 29.3 Å². The molecule has 0 aliphatic carbocycles. The Morgan fingerprint density at radius 2 is 1.84 bits per heavy atom. The maximum Gasteiger partial charge on any atom is 0.411 e. The van der Waals surface area contributed by atoms with Gasteiger partial charge in [-0.1, -0.05) is 0 Å². The minimum Gasteiger partial charge on any atom is -0.370 e. The summed E-state index contributed by atoms with van der Waals surface area (Å²) in [6.45, 7) is -1.02. The van der Waals surface area contributed by atoms with Gasteiger partial charge in [-0.25, -0.2) is 0 Å². The van der Waals surface area contributed by atoms with Gasteiger partial charge in [0, 0.05) is 24.2 Å². The summed E-state index contributed by atoms with van der Waals surface area (Å²) >= 11 is 0. The number of hydrogen-bond acceptors (Lipinski definition) is 3. The molecule has 4 nitrogen and oxygen atoms in total. The monoisotopic (exact) mass is 271 g/mol. The highest BCUT2D eigenvalue weighted by molar-refractivity contribution is 5.58. The minimum absolute atomic E-state index is 0.0424. The van der Waals surface area contributed by atoms with Crippen LogP contribution in [0.25, 0.3) is 11.3 Å². The standard InChI is InChI=1S/C12H12F3N3O/c13-12(14,15)9-19-8-7-18-11(3-6-17-18)10-1-4-16-5-2-10/h1-6H,7-9H2. The molecule has 0 aliphatic rings. The van der Waals surface area contributed by atoms with Crippen LogP contribution in [0.5, 0.6) is 0 Å². The van der Waals surface area contributed by atoms with Gasteiger partial charge in [-0.05, 0) is 18.2 Å². The fourth-order valence-electron chi connectivity index (χ4n) is 1.62. The van der Waals surface area contributed by atoms with E-state index >= 15 is 0 Å². The van der Waals surface area contributed by atoms with E-state index in [-0.39, 0.29) is 13.2 Å². The SMILES string of the molecule is FC(F)(F)COCCn1nccc1-c1ccncc1. The van der Waals surface area contributed by atoms with E-state index < -0.39 is 12.8 Å². The second-order valence-corrected chi connectivity index (χ2v) is 3.84. The number of alkyl halides is 3. The summed E-state index contributed by atoms with van der Waals surface area (Å²) in [6, 6.07) is 5.41. The smallest absolute Gasteiger partial charge is 0.370 e. The molecule has 0 amide bonds. The zero-order valence-electron chi connectivity index (χ0n) is 9.97. The lowest BCUT2D eigenvalue weighted by Gasteiger charge is -2.09. The summed E-state index contributed by atoms with van der Waals surface area (Å²) in [4.78, 5) is 3.91. The van der Waals surface area contributed by atoms with Gasteiger partial charge in [-0.2, -0.15) is 18.3 Å². The van der Waals surface area contributed by atoms with Crippen molar-refractivity contribution in [2.75, 3.05) is 13.2 Å². The molecule has 0 saturated carbocycles. The van der Waals surface area contributed by atoms with Crippen molar-refractivity contribution in [3.63, 3.8) is 0 Å². The van der Waals surface area contributed by atoms with Crippen LogP contribution >= 0.6 is 0 Å². The van der Waals surface area contributed by atoms with Gasteiger partial charge >= 0.3 is 6.18 Å². The molecule has 0 unspecified atom stereocenters. The van der Waals surface area contributed by atoms with Gasteiger partial charge < -0.3 is 4.74 Å². The van der Waals surface area contributed by atoms with Crippen molar-refractivity contribution in [1.29, 1.82) is 0 Å². The van der Waals surface area contributed by atoms with Crippen molar-refractivity contribution in [1.82, 2.24) is 14.8 Å². The highest BCUT2D eigenvalue weighted by atomic mass is 19.4. The fraction of sp³-hybridized carbons (Fsp3) is 0.333. The van der Waals surface area contributed by atoms with Crippen molar-refractivity contribution < 1.29 is 17.9 Å². The lowest BCUT2D eigenvalue weighted by molar-refractivity contribution is -0.174. The summed E-state index contributed by atoms with van der Waals surface area (Å²) in [6.07, 6.45) is 0.594. The summed E-state index contributed by atoms with van der Waals surface area (Å²) in [5.41, 5.74) is 1.72. The number of pyridine rings is 1. The van der Waals surface area contributed by atoms with Crippen molar-refractivity contribution in [3.05, 3.63) is 36.8 Å². The molecular weight excluding hydrogens is 259 g/mol. The topological polar surface area (TPSA) is 39.9 Å². The Balaban J connectivity index is 1.94. The molecule has 2 aromatic rings. The molecule has 0 aromatic carbocycles. The van der Waals surface area contributed by atoms with E-state index in [4.69, 9.17) is 0 Å². The van der Waals surface area contributed by atoms with Gasteiger partial charge in [-0.15, -0.1) is 0 Å². The van der Waals surface area contributed by atoms with E-state index in [9.17, 15) is 13.2 Å². The molecule has 2 rings (SSSR count). The van der Waals surface area contributed by atoms with E-state index in [0.717, 1.165) is 11.3 Å². The molecule has 0 spiro atoms. The molecular formula is C12H12F3N3O. The normalized spacial score (nSPS) is 11.7. The predicted octanol–water partition coefficient (Wildman–Crippen LogP) is 2.52. The Kier molecular flexibility index (Phi) is 4.16. The van der Waals surface area contributed by atoms with Gasteiger partial charge in [-0.3, -0.25) is 9.67 Å². The van der Waals surface area contributed by atoms with Gasteiger partial charge in [0.25, 0.3) is 0 Å². The van der Waals surface area contributed by atoms with Crippen LogP contribution in [0, 0.1) is 0 Å². The number of ether oxygens (including phenoxy) is 1. The van der Waals surface area contributed by atoms with Crippen molar-refractivity contribution in [2.24, 2.45) is 0 Å². The molecule has 0 radical (unpaired) electrons. The Bertz CT molecular complexity index is 510. The quantitative estimate of drug-likeness (QED) is 0.784. The Morgan fingerprint density at radius 1 is 1.11 bits per heavy atom. The minimum atomic E-state index is -4.29. The van der Waals surface area contributed by atoms with Crippen LogP contribution in [0.4, 0.5) is 13.2 Å². The van der Waals surface area contributed by atoms with Crippen molar-refractivity contribution in [2.45, 2.75) is 12.7 Å². The number of rotatable bonds is 5. The summed E-state index contributed by atoms with van der Waals surface area (Å²) in [5, 5.41) is 4.06. The van der Waals surface area contributed by atoms with E-state index in [1.807, 2.05) is 12.1 Å². The Hall–Kier alpha value is -1.89. The fourth-order valence-corrected chi connectivity index (χ4v) is 1.62. The second kappa shape index (κ2) is 5.83. The van der Waals surface area contributed by atoms with E-state index in [2.05, 4.69) is 14.8 Å². The van der Waals surface area contributed by atoms with Crippen LogP contribution in [0.2, 0.25) is 0 Å². The maximum atomic E-state index is 11.9. The predicted molar refractivity (Wildman–Crippen MR) is 62.3 cm³/mol. The van der Waals surface area contributed by atoms with Crippen molar-refractivity contribution >= 4 is 0 Å². The molecule has 102 valence electrons. The first-order chi connectivity index (χ1) is 9.06. The number of aromatic nitrogens is 3. The third-order valence-corrected chi connectivity index (χ3v) is 2.41. The third-order valence-electron chi connectivity index (χ3n) is 2.41. The van der Waals surface area contributed by atoms with Crippen LogP contribution in [-0.4, -0.2) is 34.2 Å². The molecule has 2 heterocycles. The second-order valence-electron chi connectivity index (χ2n) is 3.84. The van der Waals surface area contributed by atoms with E-state index in [1.165, 1.54) is 0 Å². The lowest BCUT2D eigenvalue weighted by atomic mass is 10.2. The molecule has 7 heteroatoms. The first-order valence-electron chi connectivity index (χ1n) is 5.63. The molecule has 0 bridgehead atoms. The summed E-state index contributed by atoms with van der Waals surface area (Å²) in [7, 11) is 0. The summed E-state index contributed by atoms with van der Waals surface area (Å²) < 4.78 is 41.9. The average molecular weight is 271 g/mol. The van der Waals surface area contributed by atoms with Crippen molar-refractivity contribution in [3.8, 4) is 11.3 Å². The van der Waals surface area contributed by atoms with Gasteiger partial charge in [0.05, 0.1) is 18.8 Å². The molecule has 19 heavy (non-hydrogen) atoms. The maximum absolute atomic E-state index is 11.9. The van der Waals surface area contributed by atoms with E-state index in [0.29, 0.717) is 0 Å². The van der Waals surface area contributed by atoms with Crippen LogP contribution in [0.3, 0.4) is 0 Å². The number of hydrogen-bond donors (Lipinski definition) is 0. The Labute approximate surface area is 107 Å². The molecule has 0 fully saturated rings. The highest BCUT2D eigenvalue weighted by Gasteiger charge is 2.27. The van der Waals surface area contributed by atoms with Gasteiger partial charge in [0.15, 0.2) is 0 Å². The number of halogens is 3. The average Bonchev–Trinajstić information content (AvgIpc) is 2.83. The molecule has 0 atom stereocenters. The molecule has 0 saturated heterocycles. The first kappa shape index (κ1) is 13.5. The Morgan fingerprint density at radius 3 is 2.53 bits per heavy atom. The molecule has 0 N–H and O–H groups in total. The number of nitrogens with zero attached hydrogens (tertiary/aromatic N) is 3. The molecule has 2 aromatic heterocycles. The largest absolute Gasteiger partial charge is 0.411 e. The van der Waals surface area contributed by atoms with Crippen LogP contribution in [0.1, 0.15) is 0 Å². The molecule has 0 aliphatic heterocycles.